The maximum absolute atomic E-state index is 14.1. The molecule has 4 bridgehead atoms. The van der Waals surface area contributed by atoms with Crippen molar-refractivity contribution in [2.75, 3.05) is 0 Å². The van der Waals surface area contributed by atoms with E-state index >= 15 is 0 Å². The molecule has 3 nitrogen and oxygen atoms in total. The molecule has 2 aromatic heterocycles. The number of hydrogen-bond acceptors (Lipinski definition) is 2. The van der Waals surface area contributed by atoms with Crippen LogP contribution < -0.4 is 0 Å². The summed E-state index contributed by atoms with van der Waals surface area (Å²) in [5.41, 5.74) is 19.1. The Hall–Kier alpha value is -3.98. The number of rotatable bonds is 0. The SMILES string of the molecule is CC(C)(C)c1cc2c3c(c1)CCc1c-3c(c3c4cc5c(cc4n4c6cc7c(cc6c1c34)C1CCC(CC1)C7=O)C(=O)C1CCC5CC1)CC2. The van der Waals surface area contributed by atoms with Crippen LogP contribution in [0, 0.1) is 11.8 Å². The molecule has 3 heteroatoms. The number of hydrogen-bond donors (Lipinski definition) is 0. The van der Waals surface area contributed by atoms with Crippen molar-refractivity contribution in [3.63, 3.8) is 0 Å². The average molecular weight is 642 g/mol. The van der Waals surface area contributed by atoms with Gasteiger partial charge in [0.2, 0.25) is 0 Å². The van der Waals surface area contributed by atoms with Gasteiger partial charge in [-0.25, -0.2) is 0 Å². The molecule has 49 heavy (non-hydrogen) atoms. The van der Waals surface area contributed by atoms with Crippen LogP contribution in [0.4, 0.5) is 0 Å². The van der Waals surface area contributed by atoms with Gasteiger partial charge in [-0.05, 0) is 169 Å². The molecule has 0 unspecified atom stereocenters. The van der Waals surface area contributed by atoms with Crippen LogP contribution in [0.1, 0.15) is 144 Å². The number of aromatic nitrogens is 1. The highest BCUT2D eigenvalue weighted by Crippen LogP contribution is 2.55. The molecule has 2 saturated carbocycles. The van der Waals surface area contributed by atoms with Gasteiger partial charge in [0.25, 0.3) is 0 Å². The largest absolute Gasteiger partial charge is 0.308 e. The van der Waals surface area contributed by atoms with Gasteiger partial charge in [0.1, 0.15) is 0 Å². The van der Waals surface area contributed by atoms with Crippen LogP contribution in [-0.2, 0) is 31.1 Å². The second kappa shape index (κ2) is 9.02. The Kier molecular flexibility index (Phi) is 5.12. The van der Waals surface area contributed by atoms with Gasteiger partial charge >= 0.3 is 0 Å². The molecule has 0 spiro atoms. The van der Waals surface area contributed by atoms with Gasteiger partial charge in [-0.2, -0.15) is 0 Å². The molecule has 8 aliphatic carbocycles. The topological polar surface area (TPSA) is 38.5 Å². The molecule has 14 rings (SSSR count). The number of aryl methyl sites for hydroxylation is 4. The molecule has 0 N–H and O–H groups in total. The Bertz CT molecular complexity index is 2380. The molecule has 0 amide bonds. The lowest BCUT2D eigenvalue weighted by molar-refractivity contribution is 0.0891. The highest BCUT2D eigenvalue weighted by Gasteiger charge is 2.40. The minimum absolute atomic E-state index is 0.124. The first kappa shape index (κ1) is 27.8. The smallest absolute Gasteiger partial charge is 0.166 e. The predicted octanol–water partition coefficient (Wildman–Crippen LogP) is 10.9. The summed E-state index contributed by atoms with van der Waals surface area (Å²) in [6.45, 7) is 7.05. The first-order valence-electron chi connectivity index (χ1n) is 19.4. The summed E-state index contributed by atoms with van der Waals surface area (Å²) in [6, 6.07) is 14.6. The second-order valence-electron chi connectivity index (χ2n) is 17.9. The number of nitrogens with zero attached hydrogens (tertiary/aromatic N) is 1. The van der Waals surface area contributed by atoms with E-state index in [2.05, 4.69) is 61.6 Å². The number of Topliss-reactive ketones (excluding diaryl/α,β-unsaturated/α-hetero) is 2. The van der Waals surface area contributed by atoms with E-state index in [1.165, 1.54) is 88.2 Å². The van der Waals surface area contributed by atoms with Crippen molar-refractivity contribution in [2.24, 2.45) is 11.8 Å². The molecule has 4 aromatic carbocycles. The minimum Gasteiger partial charge on any atom is -0.308 e. The highest BCUT2D eigenvalue weighted by atomic mass is 16.1. The molecule has 0 radical (unpaired) electrons. The zero-order valence-corrected chi connectivity index (χ0v) is 29.0. The standard InChI is InChI=1S/C46H43NO2/c1-46(2,3)28-16-26-12-14-29-40-30(15-13-27(17-28)39(26)40)42-36-19-32-23-6-10-25(11-7-23)45(49)34(32)21-38(36)47-37-20-33-31(18-35(37)41(29)43(42)47)22-4-8-24(9-5-22)44(33)48/h16-25H,4-15H2,1-3H3. The number of carbonyl (C=O) groups is 2. The third-order valence-electron chi connectivity index (χ3n) is 14.6. The summed E-state index contributed by atoms with van der Waals surface area (Å²) >= 11 is 0. The summed E-state index contributed by atoms with van der Waals surface area (Å²) in [4.78, 5) is 28.2. The molecular formula is C46H43NO2. The molecule has 6 aromatic rings. The summed E-state index contributed by atoms with van der Waals surface area (Å²) in [6.07, 6.45) is 12.9. The molecule has 8 aliphatic rings. The lowest BCUT2D eigenvalue weighted by Crippen LogP contribution is -2.18. The Morgan fingerprint density at radius 2 is 1.00 bits per heavy atom. The maximum Gasteiger partial charge on any atom is 0.166 e. The quantitative estimate of drug-likeness (QED) is 0.166. The van der Waals surface area contributed by atoms with Crippen LogP contribution in [0.5, 0.6) is 0 Å². The number of carbonyl (C=O) groups excluding carboxylic acids is 2. The van der Waals surface area contributed by atoms with Crippen molar-refractivity contribution in [1.82, 2.24) is 4.40 Å². The molecule has 244 valence electrons. The first-order valence-corrected chi connectivity index (χ1v) is 19.4. The zero-order chi connectivity index (χ0) is 32.7. The van der Waals surface area contributed by atoms with E-state index in [1.807, 2.05) is 0 Å². The van der Waals surface area contributed by atoms with E-state index in [0.717, 1.165) is 88.2 Å². The maximum atomic E-state index is 14.1. The Labute approximate surface area is 287 Å². The molecular weight excluding hydrogens is 599 g/mol. The lowest BCUT2D eigenvalue weighted by atomic mass is 9.71. The van der Waals surface area contributed by atoms with Crippen molar-refractivity contribution in [3.8, 4) is 11.1 Å². The van der Waals surface area contributed by atoms with Crippen molar-refractivity contribution in [1.29, 1.82) is 0 Å². The van der Waals surface area contributed by atoms with Crippen molar-refractivity contribution in [3.05, 3.63) is 86.5 Å². The van der Waals surface area contributed by atoms with E-state index in [9.17, 15) is 9.59 Å². The molecule has 0 aliphatic heterocycles. The van der Waals surface area contributed by atoms with Gasteiger partial charge in [-0.1, -0.05) is 32.9 Å². The van der Waals surface area contributed by atoms with E-state index < -0.39 is 0 Å². The van der Waals surface area contributed by atoms with Gasteiger partial charge in [0.15, 0.2) is 11.6 Å². The fourth-order valence-corrected chi connectivity index (χ4v) is 12.1. The summed E-state index contributed by atoms with van der Waals surface area (Å²) in [5.74, 6) is 2.05. The highest BCUT2D eigenvalue weighted by molar-refractivity contribution is 6.28. The zero-order valence-electron chi connectivity index (χ0n) is 29.0. The summed E-state index contributed by atoms with van der Waals surface area (Å²) in [5, 5.41) is 5.52. The fraction of sp³-hybridized carbons (Fsp3) is 0.435. The van der Waals surface area contributed by atoms with Crippen molar-refractivity contribution >= 4 is 49.7 Å². The third-order valence-corrected chi connectivity index (χ3v) is 14.6. The van der Waals surface area contributed by atoms with E-state index in [1.54, 1.807) is 0 Å². The van der Waals surface area contributed by atoms with E-state index in [4.69, 9.17) is 0 Å². The molecule has 0 atom stereocenters. The molecule has 2 fully saturated rings. The third kappa shape index (κ3) is 3.36. The average Bonchev–Trinajstić information content (AvgIpc) is 3.44. The van der Waals surface area contributed by atoms with Crippen LogP contribution in [-0.4, -0.2) is 16.0 Å². The first-order chi connectivity index (χ1) is 23.7. The fourth-order valence-electron chi connectivity index (χ4n) is 12.1. The van der Waals surface area contributed by atoms with E-state index in [-0.39, 0.29) is 17.3 Å². The Morgan fingerprint density at radius 3 is 1.45 bits per heavy atom. The summed E-state index contributed by atoms with van der Waals surface area (Å²) in [7, 11) is 0. The van der Waals surface area contributed by atoms with Crippen LogP contribution in [0.3, 0.4) is 0 Å². The summed E-state index contributed by atoms with van der Waals surface area (Å²) < 4.78 is 2.53. The van der Waals surface area contributed by atoms with Crippen molar-refractivity contribution < 1.29 is 9.59 Å². The Balaban J connectivity index is 1.27. The normalized spacial score (nSPS) is 25.4. The van der Waals surface area contributed by atoms with Crippen molar-refractivity contribution in [2.45, 2.75) is 115 Å². The van der Waals surface area contributed by atoms with Gasteiger partial charge in [0, 0.05) is 44.5 Å². The minimum atomic E-state index is 0.124. The van der Waals surface area contributed by atoms with E-state index in [0.29, 0.717) is 23.4 Å². The monoisotopic (exact) mass is 641 g/mol. The number of ketones is 2. The molecule has 2 heterocycles. The van der Waals surface area contributed by atoms with Crippen LogP contribution in [0.25, 0.3) is 49.2 Å². The van der Waals surface area contributed by atoms with Crippen LogP contribution >= 0.6 is 0 Å². The Morgan fingerprint density at radius 1 is 0.551 bits per heavy atom. The number of fused-ring (bicyclic) bond motifs is 12. The lowest BCUT2D eigenvalue weighted by Gasteiger charge is -2.33. The molecule has 0 saturated heterocycles. The predicted molar refractivity (Wildman–Crippen MR) is 198 cm³/mol. The number of benzene rings is 4. The van der Waals surface area contributed by atoms with Gasteiger partial charge < -0.3 is 4.40 Å². The van der Waals surface area contributed by atoms with Gasteiger partial charge in [-0.3, -0.25) is 9.59 Å². The van der Waals surface area contributed by atoms with Gasteiger partial charge in [0.05, 0.1) is 16.6 Å². The van der Waals surface area contributed by atoms with Crippen LogP contribution in [0.15, 0.2) is 36.4 Å². The van der Waals surface area contributed by atoms with Crippen LogP contribution in [0.2, 0.25) is 0 Å². The second-order valence-corrected chi connectivity index (χ2v) is 17.9. The van der Waals surface area contributed by atoms with Gasteiger partial charge in [-0.15, -0.1) is 0 Å².